The maximum atomic E-state index is 10.8. The summed E-state index contributed by atoms with van der Waals surface area (Å²) < 4.78 is 5.92. The van der Waals surface area contributed by atoms with Crippen LogP contribution in [0.1, 0.15) is 10.4 Å². The largest absolute Gasteiger partial charge is 0.496 e. The van der Waals surface area contributed by atoms with Crippen LogP contribution in [0.5, 0.6) is 5.75 Å². The molecule has 0 saturated carbocycles. The lowest BCUT2D eigenvalue weighted by Crippen LogP contribution is -2.00. The Morgan fingerprint density at radius 3 is 2.54 bits per heavy atom. The lowest BCUT2D eigenvalue weighted by Gasteiger charge is -2.07. The summed E-state index contributed by atoms with van der Waals surface area (Å²) in [6, 6.07) is 3.31. The fraction of sp³-hybridized carbons (Fsp3) is 0.125. The average Bonchev–Trinajstić information content (AvgIpc) is 2.04. The highest BCUT2D eigenvalue weighted by Crippen LogP contribution is 2.33. The van der Waals surface area contributed by atoms with Gasteiger partial charge in [0.2, 0.25) is 0 Å². The second kappa shape index (κ2) is 4.11. The fourth-order valence-electron chi connectivity index (χ4n) is 0.887. The number of carbonyl (C=O) groups is 1. The van der Waals surface area contributed by atoms with E-state index in [-0.39, 0.29) is 5.56 Å². The number of benzene rings is 1. The number of methoxy groups -OCH3 is 1. The molecule has 0 unspecified atom stereocenters. The van der Waals surface area contributed by atoms with Crippen LogP contribution in [0, 0.1) is 0 Å². The predicted molar refractivity (Wildman–Crippen MR) is 55.4 cm³/mol. The Morgan fingerprint density at radius 1 is 1.46 bits per heavy atom. The smallest absolute Gasteiger partial charge is 0.338 e. The van der Waals surface area contributed by atoms with Crippen molar-refractivity contribution in [2.24, 2.45) is 0 Å². The quantitative estimate of drug-likeness (QED) is 0.913. The minimum absolute atomic E-state index is 0.166. The topological polar surface area (TPSA) is 46.5 Å². The first-order valence-corrected chi connectivity index (χ1v) is 4.91. The van der Waals surface area contributed by atoms with Crippen molar-refractivity contribution in [1.82, 2.24) is 0 Å². The third kappa shape index (κ3) is 2.03. The summed E-state index contributed by atoms with van der Waals surface area (Å²) >= 11 is 6.30. The molecule has 5 heteroatoms. The van der Waals surface area contributed by atoms with Gasteiger partial charge in [-0.05, 0) is 44.0 Å². The molecule has 0 aromatic heterocycles. The fourth-order valence-corrected chi connectivity index (χ4v) is 2.33. The molecule has 0 aliphatic heterocycles. The summed E-state index contributed by atoms with van der Waals surface area (Å²) in [7, 11) is 1.49. The zero-order valence-electron chi connectivity index (χ0n) is 6.67. The molecular weight excluding hydrogens is 304 g/mol. The van der Waals surface area contributed by atoms with Crippen molar-refractivity contribution >= 4 is 37.8 Å². The number of carboxylic acids is 1. The molecule has 0 aliphatic rings. The van der Waals surface area contributed by atoms with Crippen molar-refractivity contribution in [2.45, 2.75) is 0 Å². The number of ether oxygens (including phenoxy) is 1. The van der Waals surface area contributed by atoms with Gasteiger partial charge in [-0.15, -0.1) is 0 Å². The van der Waals surface area contributed by atoms with Crippen LogP contribution in [0.25, 0.3) is 0 Å². The number of aromatic carboxylic acids is 1. The second-order valence-electron chi connectivity index (χ2n) is 2.24. The van der Waals surface area contributed by atoms with Crippen LogP contribution >= 0.6 is 31.9 Å². The lowest BCUT2D eigenvalue weighted by atomic mass is 10.2. The Labute approximate surface area is 92.0 Å². The molecule has 0 fully saturated rings. The van der Waals surface area contributed by atoms with E-state index in [1.165, 1.54) is 7.11 Å². The molecule has 13 heavy (non-hydrogen) atoms. The van der Waals surface area contributed by atoms with E-state index in [0.717, 1.165) is 0 Å². The van der Waals surface area contributed by atoms with Gasteiger partial charge >= 0.3 is 5.97 Å². The van der Waals surface area contributed by atoms with Crippen molar-refractivity contribution < 1.29 is 14.6 Å². The Hall–Kier alpha value is -0.550. The molecule has 0 atom stereocenters. The maximum absolute atomic E-state index is 10.8. The van der Waals surface area contributed by atoms with Crippen LogP contribution in [0.3, 0.4) is 0 Å². The van der Waals surface area contributed by atoms with E-state index in [1.807, 2.05) is 0 Å². The third-order valence-corrected chi connectivity index (χ3v) is 2.94. The maximum Gasteiger partial charge on any atom is 0.338 e. The molecule has 0 spiro atoms. The molecule has 3 nitrogen and oxygen atoms in total. The van der Waals surface area contributed by atoms with Crippen molar-refractivity contribution in [2.75, 3.05) is 7.11 Å². The summed E-state index contributed by atoms with van der Waals surface area (Å²) in [5.41, 5.74) is 0.166. The minimum atomic E-state index is -1.00. The van der Waals surface area contributed by atoms with Crippen LogP contribution < -0.4 is 4.74 Å². The third-order valence-electron chi connectivity index (χ3n) is 1.49. The van der Waals surface area contributed by atoms with E-state index in [2.05, 4.69) is 31.9 Å². The van der Waals surface area contributed by atoms with E-state index in [1.54, 1.807) is 12.1 Å². The Balaban J connectivity index is 3.38. The first-order valence-electron chi connectivity index (χ1n) is 3.33. The molecule has 70 valence electrons. The van der Waals surface area contributed by atoms with Crippen LogP contribution in [0.2, 0.25) is 0 Å². The second-order valence-corrected chi connectivity index (χ2v) is 3.89. The number of halogens is 2. The van der Waals surface area contributed by atoms with Gasteiger partial charge in [-0.25, -0.2) is 4.79 Å². The summed E-state index contributed by atoms with van der Waals surface area (Å²) in [6.07, 6.45) is 0. The summed E-state index contributed by atoms with van der Waals surface area (Å²) in [5.74, 6) is -0.502. The van der Waals surface area contributed by atoms with Crippen LogP contribution in [-0.4, -0.2) is 18.2 Å². The zero-order valence-corrected chi connectivity index (χ0v) is 9.85. The molecule has 0 saturated heterocycles. The summed E-state index contributed by atoms with van der Waals surface area (Å²) in [6.45, 7) is 0. The zero-order chi connectivity index (χ0) is 10.0. The molecule has 1 aromatic rings. The molecule has 0 aliphatic carbocycles. The van der Waals surface area contributed by atoms with Gasteiger partial charge in [0.25, 0.3) is 0 Å². The van der Waals surface area contributed by atoms with Crippen LogP contribution in [0.15, 0.2) is 21.1 Å². The monoisotopic (exact) mass is 308 g/mol. The molecular formula is C8H6Br2O3. The molecule has 1 aromatic carbocycles. The van der Waals surface area contributed by atoms with Gasteiger partial charge in [0.05, 0.1) is 17.1 Å². The normalized spacial score (nSPS) is 9.77. The lowest BCUT2D eigenvalue weighted by molar-refractivity contribution is 0.0694. The van der Waals surface area contributed by atoms with Gasteiger partial charge in [-0.1, -0.05) is 0 Å². The van der Waals surface area contributed by atoms with Gasteiger partial charge in [0.15, 0.2) is 0 Å². The van der Waals surface area contributed by atoms with Crippen LogP contribution in [-0.2, 0) is 0 Å². The predicted octanol–water partition coefficient (Wildman–Crippen LogP) is 2.92. The first kappa shape index (κ1) is 10.5. The van der Waals surface area contributed by atoms with E-state index in [9.17, 15) is 4.79 Å². The van der Waals surface area contributed by atoms with Gasteiger partial charge < -0.3 is 9.84 Å². The Morgan fingerprint density at radius 2 is 2.08 bits per heavy atom. The Bertz CT molecular complexity index is 349. The number of carboxylic acid groups (broad SMARTS) is 1. The van der Waals surface area contributed by atoms with E-state index in [4.69, 9.17) is 9.84 Å². The highest BCUT2D eigenvalue weighted by Gasteiger charge is 2.16. The van der Waals surface area contributed by atoms with E-state index < -0.39 is 5.97 Å². The van der Waals surface area contributed by atoms with Crippen LogP contribution in [0.4, 0.5) is 0 Å². The summed E-state index contributed by atoms with van der Waals surface area (Å²) in [5, 5.41) is 8.85. The molecule has 0 amide bonds. The average molecular weight is 310 g/mol. The minimum Gasteiger partial charge on any atom is -0.496 e. The van der Waals surface area contributed by atoms with Crippen molar-refractivity contribution in [1.29, 1.82) is 0 Å². The van der Waals surface area contributed by atoms with Gasteiger partial charge in [0, 0.05) is 4.47 Å². The molecule has 0 bridgehead atoms. The van der Waals surface area contributed by atoms with Crippen molar-refractivity contribution in [3.05, 3.63) is 26.6 Å². The highest BCUT2D eigenvalue weighted by molar-refractivity contribution is 9.11. The van der Waals surface area contributed by atoms with Crippen molar-refractivity contribution in [3.63, 3.8) is 0 Å². The molecule has 1 rings (SSSR count). The number of hydrogen-bond acceptors (Lipinski definition) is 2. The van der Waals surface area contributed by atoms with E-state index >= 15 is 0 Å². The molecule has 1 N–H and O–H groups in total. The standard InChI is InChI=1S/C8H6Br2O3/c1-13-5-3-2-4(9)6(7(5)10)8(11)12/h2-3H,1H3,(H,11,12). The van der Waals surface area contributed by atoms with E-state index in [0.29, 0.717) is 14.7 Å². The summed E-state index contributed by atoms with van der Waals surface area (Å²) in [4.78, 5) is 10.8. The van der Waals surface area contributed by atoms with Crippen molar-refractivity contribution in [3.8, 4) is 5.75 Å². The highest BCUT2D eigenvalue weighted by atomic mass is 79.9. The SMILES string of the molecule is COc1ccc(Br)c(C(=O)O)c1Br. The first-order chi connectivity index (χ1) is 6.07. The van der Waals surface area contributed by atoms with Gasteiger partial charge in [-0.2, -0.15) is 0 Å². The Kier molecular flexibility index (Phi) is 3.33. The number of hydrogen-bond donors (Lipinski definition) is 1. The van der Waals surface area contributed by atoms with Gasteiger partial charge in [-0.3, -0.25) is 0 Å². The molecule has 0 heterocycles. The number of rotatable bonds is 2. The van der Waals surface area contributed by atoms with Gasteiger partial charge in [0.1, 0.15) is 5.75 Å². The molecule has 0 radical (unpaired) electrons.